The molecule has 0 spiro atoms. The van der Waals surface area contributed by atoms with Crippen molar-refractivity contribution in [1.29, 1.82) is 0 Å². The second-order valence-corrected chi connectivity index (χ2v) is 12.8. The van der Waals surface area contributed by atoms with Crippen molar-refractivity contribution in [2.45, 2.75) is 52.4 Å². The molecular formula is C31H34Cl3N5O4. The molecule has 9 nitrogen and oxygen atoms in total. The summed E-state index contributed by atoms with van der Waals surface area (Å²) in [6.45, 7) is 7.32. The van der Waals surface area contributed by atoms with Gasteiger partial charge in [0.2, 0.25) is 11.8 Å². The molecule has 0 N–H and O–H groups in total. The van der Waals surface area contributed by atoms with Crippen molar-refractivity contribution in [3.05, 3.63) is 68.9 Å². The van der Waals surface area contributed by atoms with Crippen LogP contribution in [0.1, 0.15) is 57.2 Å². The molecule has 12 heteroatoms. The van der Waals surface area contributed by atoms with Crippen LogP contribution in [0.2, 0.25) is 15.1 Å². The Hall–Kier alpha value is -3.14. The van der Waals surface area contributed by atoms with E-state index in [9.17, 15) is 14.4 Å². The summed E-state index contributed by atoms with van der Waals surface area (Å²) < 4.78 is 6.99. The quantitative estimate of drug-likeness (QED) is 0.216. The highest BCUT2D eigenvalue weighted by atomic mass is 35.5. The van der Waals surface area contributed by atoms with Gasteiger partial charge < -0.3 is 14.5 Å². The standard InChI is InChI=1S/C31H34Cl3N5O4/c1-4-43-30(42)31(16-22-18-39(36-35-22)27-15-25(33)24(32)14-26(27)34)8-10-37(11-9-31)29(41)21-13-28(40)38(17-21)23-7-5-6-20(12-23)19(2)3/h5-7,12,14-15,18-19,21H,4,8-11,13,16-17H2,1-3H3. The summed E-state index contributed by atoms with van der Waals surface area (Å²) in [5.74, 6) is -0.533. The van der Waals surface area contributed by atoms with Crippen LogP contribution in [0, 0.1) is 11.3 Å². The Morgan fingerprint density at radius 3 is 2.49 bits per heavy atom. The minimum atomic E-state index is -0.871. The molecule has 0 saturated carbocycles. The lowest BCUT2D eigenvalue weighted by Crippen LogP contribution is -2.50. The van der Waals surface area contributed by atoms with E-state index in [4.69, 9.17) is 39.5 Å². The van der Waals surface area contributed by atoms with E-state index in [1.165, 1.54) is 10.7 Å². The number of amides is 2. The lowest BCUT2D eigenvalue weighted by molar-refractivity contribution is -0.160. The Balaban J connectivity index is 1.28. The molecule has 3 aromatic rings. The zero-order valence-electron chi connectivity index (χ0n) is 24.4. The Bertz CT molecular complexity index is 1530. The molecule has 1 unspecified atom stereocenters. The monoisotopic (exact) mass is 645 g/mol. The van der Waals surface area contributed by atoms with Crippen LogP contribution < -0.4 is 4.90 Å². The fourth-order valence-corrected chi connectivity index (χ4v) is 6.48. The van der Waals surface area contributed by atoms with Gasteiger partial charge in [-0.05, 0) is 55.5 Å². The van der Waals surface area contributed by atoms with Gasteiger partial charge in [-0.15, -0.1) is 5.10 Å². The molecule has 43 heavy (non-hydrogen) atoms. The Morgan fingerprint density at radius 1 is 1.07 bits per heavy atom. The topological polar surface area (TPSA) is 97.6 Å². The van der Waals surface area contributed by atoms with Gasteiger partial charge in [0, 0.05) is 38.2 Å². The van der Waals surface area contributed by atoms with Crippen LogP contribution in [-0.4, -0.2) is 63.9 Å². The number of hydrogen-bond acceptors (Lipinski definition) is 6. The molecule has 228 valence electrons. The van der Waals surface area contributed by atoms with Gasteiger partial charge in [0.1, 0.15) is 0 Å². The van der Waals surface area contributed by atoms with Crippen molar-refractivity contribution < 1.29 is 19.1 Å². The molecule has 2 aromatic carbocycles. The fourth-order valence-electron chi connectivity index (χ4n) is 5.86. The average Bonchev–Trinajstić information content (AvgIpc) is 3.61. The summed E-state index contributed by atoms with van der Waals surface area (Å²) in [6.07, 6.45) is 2.97. The number of likely N-dealkylation sites (tertiary alicyclic amines) is 1. The molecular weight excluding hydrogens is 613 g/mol. The van der Waals surface area contributed by atoms with Gasteiger partial charge in [0.15, 0.2) is 0 Å². The number of carbonyl (C=O) groups excluding carboxylic acids is 3. The number of nitrogens with zero attached hydrogens (tertiary/aromatic N) is 5. The number of ether oxygens (including phenoxy) is 1. The average molecular weight is 647 g/mol. The third-order valence-electron chi connectivity index (χ3n) is 8.36. The number of benzene rings is 2. The van der Waals surface area contributed by atoms with Gasteiger partial charge in [0.05, 0.1) is 50.6 Å². The van der Waals surface area contributed by atoms with Crippen molar-refractivity contribution in [3.63, 3.8) is 0 Å². The van der Waals surface area contributed by atoms with E-state index < -0.39 is 11.3 Å². The summed E-state index contributed by atoms with van der Waals surface area (Å²) in [7, 11) is 0. The molecule has 3 heterocycles. The largest absolute Gasteiger partial charge is 0.466 e. The maximum atomic E-state index is 13.6. The maximum absolute atomic E-state index is 13.6. The fraction of sp³-hybridized carbons (Fsp3) is 0.452. The van der Waals surface area contributed by atoms with Gasteiger partial charge in [-0.1, -0.05) is 66.0 Å². The third kappa shape index (κ3) is 6.54. The number of hydrogen-bond donors (Lipinski definition) is 0. The minimum Gasteiger partial charge on any atom is -0.466 e. The normalized spacial score (nSPS) is 18.4. The van der Waals surface area contributed by atoms with Crippen molar-refractivity contribution in [2.75, 3.05) is 31.1 Å². The Morgan fingerprint density at radius 2 is 1.79 bits per heavy atom. The number of aromatic nitrogens is 3. The van der Waals surface area contributed by atoms with Crippen molar-refractivity contribution in [1.82, 2.24) is 19.9 Å². The van der Waals surface area contributed by atoms with Gasteiger partial charge in [-0.3, -0.25) is 14.4 Å². The van der Waals surface area contributed by atoms with E-state index in [0.29, 0.717) is 64.8 Å². The number of halogens is 3. The highest BCUT2D eigenvalue weighted by molar-refractivity contribution is 6.43. The first-order valence-corrected chi connectivity index (χ1v) is 15.6. The van der Waals surface area contributed by atoms with E-state index in [2.05, 4.69) is 24.2 Å². The summed E-state index contributed by atoms with van der Waals surface area (Å²) in [4.78, 5) is 43.3. The number of piperidine rings is 1. The molecule has 2 saturated heterocycles. The molecule has 2 aliphatic rings. The highest BCUT2D eigenvalue weighted by Gasteiger charge is 2.46. The maximum Gasteiger partial charge on any atom is 0.312 e. The first-order chi connectivity index (χ1) is 20.5. The summed E-state index contributed by atoms with van der Waals surface area (Å²) in [6, 6.07) is 11.1. The minimum absolute atomic E-state index is 0.0534. The molecule has 2 amide bonds. The lowest BCUT2D eigenvalue weighted by atomic mass is 9.74. The number of esters is 1. The van der Waals surface area contributed by atoms with Gasteiger partial charge in [-0.25, -0.2) is 4.68 Å². The Kier molecular flexibility index (Phi) is 9.34. The first kappa shape index (κ1) is 31.3. The van der Waals surface area contributed by atoms with Crippen molar-refractivity contribution in [2.24, 2.45) is 11.3 Å². The molecule has 2 aliphatic heterocycles. The van der Waals surface area contributed by atoms with Crippen LogP contribution in [0.5, 0.6) is 0 Å². The van der Waals surface area contributed by atoms with Gasteiger partial charge in [0.25, 0.3) is 0 Å². The van der Waals surface area contributed by atoms with Crippen LogP contribution in [0.3, 0.4) is 0 Å². The van der Waals surface area contributed by atoms with Crippen molar-refractivity contribution >= 4 is 58.3 Å². The predicted molar refractivity (Wildman–Crippen MR) is 166 cm³/mol. The number of rotatable bonds is 8. The third-order valence-corrected chi connectivity index (χ3v) is 9.39. The van der Waals surface area contributed by atoms with E-state index in [-0.39, 0.29) is 37.2 Å². The summed E-state index contributed by atoms with van der Waals surface area (Å²) in [5.41, 5.74) is 2.18. The molecule has 5 rings (SSSR count). The van der Waals surface area contributed by atoms with E-state index in [0.717, 1.165) is 11.3 Å². The van der Waals surface area contributed by atoms with E-state index in [1.54, 1.807) is 29.0 Å². The van der Waals surface area contributed by atoms with Crippen LogP contribution in [0.4, 0.5) is 5.69 Å². The SMILES string of the molecule is CCOC(=O)C1(Cc2cn(-c3cc(Cl)c(Cl)cc3Cl)nn2)CCN(C(=O)C2CC(=O)N(c3cccc(C(C)C)c3)C2)CC1. The molecule has 2 fully saturated rings. The zero-order valence-corrected chi connectivity index (χ0v) is 26.6. The van der Waals surface area contributed by atoms with Gasteiger partial charge in [-0.2, -0.15) is 0 Å². The van der Waals surface area contributed by atoms with E-state index in [1.807, 2.05) is 24.3 Å². The lowest BCUT2D eigenvalue weighted by Gasteiger charge is -2.40. The van der Waals surface area contributed by atoms with Gasteiger partial charge >= 0.3 is 5.97 Å². The summed E-state index contributed by atoms with van der Waals surface area (Å²) >= 11 is 18.6. The second kappa shape index (κ2) is 12.8. The Labute approximate surface area is 266 Å². The second-order valence-electron chi connectivity index (χ2n) is 11.5. The van der Waals surface area contributed by atoms with Crippen LogP contribution in [0.25, 0.3) is 5.69 Å². The van der Waals surface area contributed by atoms with E-state index >= 15 is 0 Å². The molecule has 0 aliphatic carbocycles. The zero-order chi connectivity index (χ0) is 30.9. The highest BCUT2D eigenvalue weighted by Crippen LogP contribution is 2.38. The van der Waals surface area contributed by atoms with Crippen LogP contribution in [0.15, 0.2) is 42.6 Å². The molecule has 1 aromatic heterocycles. The molecule has 0 bridgehead atoms. The first-order valence-electron chi connectivity index (χ1n) is 14.4. The number of carbonyl (C=O) groups is 3. The molecule has 0 radical (unpaired) electrons. The van der Waals surface area contributed by atoms with Crippen LogP contribution >= 0.6 is 34.8 Å². The smallest absolute Gasteiger partial charge is 0.312 e. The van der Waals surface area contributed by atoms with Crippen LogP contribution in [-0.2, 0) is 25.5 Å². The predicted octanol–water partition coefficient (Wildman–Crippen LogP) is 6.12. The number of anilines is 1. The summed E-state index contributed by atoms with van der Waals surface area (Å²) in [5, 5.41) is 9.50. The van der Waals surface area contributed by atoms with Crippen molar-refractivity contribution in [3.8, 4) is 5.69 Å². The molecule has 1 atom stereocenters.